The van der Waals surface area contributed by atoms with Crippen molar-refractivity contribution < 1.29 is 14.8 Å². The molecular weight excluding hydrogens is 318 g/mol. The smallest absolute Gasteiger partial charge is 0.283 e. The van der Waals surface area contributed by atoms with Crippen molar-refractivity contribution in [2.45, 2.75) is 25.7 Å². The average Bonchev–Trinajstić information content (AvgIpc) is 3.00. The standard InChI is InChI=1S/C19H19N3O3/c23-17(22(25)16-3-1-2-9-20-16)14-4-5-15-12-19(7-6-13(15)11-14)8-10-21-18(19)24/h1-5,9,11,25H,6-8,10,12H2,(H,21,24)/t19-/m0/s1. The molecule has 25 heavy (non-hydrogen) atoms. The molecule has 6 nitrogen and oxygen atoms in total. The molecule has 0 unspecified atom stereocenters. The molecule has 1 aromatic carbocycles. The van der Waals surface area contributed by atoms with E-state index < -0.39 is 5.91 Å². The van der Waals surface area contributed by atoms with Crippen LogP contribution in [0.25, 0.3) is 0 Å². The molecule has 128 valence electrons. The Morgan fingerprint density at radius 3 is 2.80 bits per heavy atom. The highest BCUT2D eigenvalue weighted by Gasteiger charge is 2.44. The fraction of sp³-hybridized carbons (Fsp3) is 0.316. The lowest BCUT2D eigenvalue weighted by Crippen LogP contribution is -2.36. The molecule has 0 radical (unpaired) electrons. The largest absolute Gasteiger partial charge is 0.356 e. The lowest BCUT2D eigenvalue weighted by Gasteiger charge is -2.32. The van der Waals surface area contributed by atoms with Crippen LogP contribution in [-0.2, 0) is 17.6 Å². The number of hydroxylamine groups is 1. The molecule has 1 atom stereocenters. The monoisotopic (exact) mass is 337 g/mol. The van der Waals surface area contributed by atoms with Crippen molar-refractivity contribution in [2.24, 2.45) is 5.41 Å². The van der Waals surface area contributed by atoms with Gasteiger partial charge < -0.3 is 5.32 Å². The van der Waals surface area contributed by atoms with Gasteiger partial charge >= 0.3 is 0 Å². The van der Waals surface area contributed by atoms with E-state index in [1.54, 1.807) is 24.3 Å². The van der Waals surface area contributed by atoms with E-state index in [0.717, 1.165) is 36.9 Å². The van der Waals surface area contributed by atoms with Gasteiger partial charge in [0.05, 0.1) is 5.41 Å². The van der Waals surface area contributed by atoms with Crippen LogP contribution in [0.15, 0.2) is 42.6 Å². The number of pyridine rings is 1. The molecule has 2 aliphatic rings. The number of rotatable bonds is 2. The van der Waals surface area contributed by atoms with Gasteiger partial charge in [-0.15, -0.1) is 0 Å². The molecule has 2 amide bonds. The van der Waals surface area contributed by atoms with E-state index in [9.17, 15) is 14.8 Å². The van der Waals surface area contributed by atoms with Gasteiger partial charge in [-0.1, -0.05) is 12.1 Å². The summed E-state index contributed by atoms with van der Waals surface area (Å²) in [7, 11) is 0. The number of benzene rings is 1. The number of fused-ring (bicyclic) bond motifs is 1. The molecule has 1 saturated heterocycles. The summed E-state index contributed by atoms with van der Waals surface area (Å²) in [5, 5.41) is 13.6. The molecule has 1 aliphatic heterocycles. The summed E-state index contributed by atoms with van der Waals surface area (Å²) < 4.78 is 0. The van der Waals surface area contributed by atoms with E-state index in [4.69, 9.17) is 0 Å². The summed E-state index contributed by atoms with van der Waals surface area (Å²) in [6.45, 7) is 0.744. The van der Waals surface area contributed by atoms with Crippen molar-refractivity contribution >= 4 is 17.6 Å². The lowest BCUT2D eigenvalue weighted by molar-refractivity contribution is -0.128. The number of aryl methyl sites for hydroxylation is 1. The number of amides is 2. The van der Waals surface area contributed by atoms with Crippen LogP contribution in [0.5, 0.6) is 0 Å². The third kappa shape index (κ3) is 2.68. The molecule has 2 heterocycles. The minimum Gasteiger partial charge on any atom is -0.356 e. The first-order valence-electron chi connectivity index (χ1n) is 8.44. The second-order valence-corrected chi connectivity index (χ2v) is 6.75. The number of hydrogen-bond donors (Lipinski definition) is 2. The Hall–Kier alpha value is -2.73. The number of nitrogens with zero attached hydrogens (tertiary/aromatic N) is 2. The summed E-state index contributed by atoms with van der Waals surface area (Å²) in [5.74, 6) is -0.179. The normalized spacial score (nSPS) is 21.7. The first-order chi connectivity index (χ1) is 12.1. The second kappa shape index (κ2) is 5.97. The number of anilines is 1. The molecule has 4 rings (SSSR count). The van der Waals surface area contributed by atoms with E-state index in [1.807, 2.05) is 12.1 Å². The Labute approximate surface area is 145 Å². The fourth-order valence-electron chi connectivity index (χ4n) is 3.82. The second-order valence-electron chi connectivity index (χ2n) is 6.75. The zero-order chi connectivity index (χ0) is 17.4. The van der Waals surface area contributed by atoms with Gasteiger partial charge in [0.1, 0.15) is 0 Å². The molecule has 2 aromatic rings. The van der Waals surface area contributed by atoms with Gasteiger partial charge in [-0.2, -0.15) is 5.06 Å². The minimum atomic E-state index is -0.514. The van der Waals surface area contributed by atoms with Gasteiger partial charge in [0.2, 0.25) is 5.91 Å². The zero-order valence-corrected chi connectivity index (χ0v) is 13.7. The van der Waals surface area contributed by atoms with Crippen LogP contribution in [0.1, 0.15) is 34.3 Å². The van der Waals surface area contributed by atoms with Crippen molar-refractivity contribution in [1.29, 1.82) is 0 Å². The van der Waals surface area contributed by atoms with E-state index in [2.05, 4.69) is 10.3 Å². The molecule has 2 N–H and O–H groups in total. The highest BCUT2D eigenvalue weighted by Crippen LogP contribution is 2.41. The maximum absolute atomic E-state index is 12.5. The van der Waals surface area contributed by atoms with E-state index in [0.29, 0.717) is 17.0 Å². The number of aromatic nitrogens is 1. The van der Waals surface area contributed by atoms with E-state index in [-0.39, 0.29) is 17.1 Å². The Bertz CT molecular complexity index is 837. The average molecular weight is 337 g/mol. The first-order valence-corrected chi connectivity index (χ1v) is 8.44. The van der Waals surface area contributed by atoms with Crippen LogP contribution >= 0.6 is 0 Å². The topological polar surface area (TPSA) is 82.5 Å². The number of hydrogen-bond acceptors (Lipinski definition) is 4. The maximum Gasteiger partial charge on any atom is 0.283 e. The molecule has 0 saturated carbocycles. The zero-order valence-electron chi connectivity index (χ0n) is 13.7. The molecular formula is C19H19N3O3. The van der Waals surface area contributed by atoms with Gasteiger partial charge in [0, 0.05) is 18.3 Å². The van der Waals surface area contributed by atoms with Gasteiger partial charge in [0.25, 0.3) is 5.91 Å². The van der Waals surface area contributed by atoms with Gasteiger partial charge in [-0.05, 0) is 61.1 Å². The van der Waals surface area contributed by atoms with Crippen LogP contribution in [0.2, 0.25) is 0 Å². The highest BCUT2D eigenvalue weighted by atomic mass is 16.5. The molecule has 1 aliphatic carbocycles. The molecule has 1 spiro atoms. The van der Waals surface area contributed by atoms with Crippen molar-refractivity contribution in [2.75, 3.05) is 11.6 Å². The fourth-order valence-corrected chi connectivity index (χ4v) is 3.82. The van der Waals surface area contributed by atoms with Crippen molar-refractivity contribution in [1.82, 2.24) is 10.3 Å². The SMILES string of the molecule is O=C(c1ccc2c(c1)CC[C@]1(CCNC1=O)C2)N(O)c1ccccn1. The Morgan fingerprint density at radius 1 is 1.20 bits per heavy atom. The van der Waals surface area contributed by atoms with E-state index in [1.165, 1.54) is 6.20 Å². The van der Waals surface area contributed by atoms with Crippen LogP contribution in [0.4, 0.5) is 5.82 Å². The van der Waals surface area contributed by atoms with Crippen LogP contribution in [0, 0.1) is 5.41 Å². The van der Waals surface area contributed by atoms with Gasteiger partial charge in [-0.3, -0.25) is 14.8 Å². The number of nitrogens with one attached hydrogen (secondary N) is 1. The maximum atomic E-state index is 12.5. The quantitative estimate of drug-likeness (QED) is 0.649. The predicted octanol–water partition coefficient (Wildman–Crippen LogP) is 2.11. The Kier molecular flexibility index (Phi) is 3.77. The number of carbonyl (C=O) groups excluding carboxylic acids is 2. The third-order valence-corrected chi connectivity index (χ3v) is 5.28. The molecule has 1 fully saturated rings. The summed E-state index contributed by atoms with van der Waals surface area (Å²) in [5.41, 5.74) is 2.32. The van der Waals surface area contributed by atoms with Gasteiger partial charge in [0.15, 0.2) is 5.82 Å². The summed E-state index contributed by atoms with van der Waals surface area (Å²) in [4.78, 5) is 28.7. The van der Waals surface area contributed by atoms with Gasteiger partial charge in [-0.25, -0.2) is 4.98 Å². The van der Waals surface area contributed by atoms with Crippen LogP contribution in [-0.4, -0.2) is 28.6 Å². The molecule has 1 aromatic heterocycles. The van der Waals surface area contributed by atoms with Crippen LogP contribution in [0.3, 0.4) is 0 Å². The molecule has 6 heteroatoms. The summed E-state index contributed by atoms with van der Waals surface area (Å²) in [6.07, 6.45) is 4.66. The molecule has 0 bridgehead atoms. The van der Waals surface area contributed by atoms with Crippen molar-refractivity contribution in [3.63, 3.8) is 0 Å². The minimum absolute atomic E-state index is 0.148. The predicted molar refractivity (Wildman–Crippen MR) is 91.4 cm³/mol. The highest BCUT2D eigenvalue weighted by molar-refractivity contribution is 6.04. The third-order valence-electron chi connectivity index (χ3n) is 5.28. The van der Waals surface area contributed by atoms with Crippen molar-refractivity contribution in [3.05, 3.63) is 59.3 Å². The van der Waals surface area contributed by atoms with E-state index >= 15 is 0 Å². The number of carbonyl (C=O) groups is 2. The summed E-state index contributed by atoms with van der Waals surface area (Å²) in [6, 6.07) is 10.4. The summed E-state index contributed by atoms with van der Waals surface area (Å²) >= 11 is 0. The lowest BCUT2D eigenvalue weighted by atomic mass is 9.70. The van der Waals surface area contributed by atoms with Crippen LogP contribution < -0.4 is 10.4 Å². The van der Waals surface area contributed by atoms with Crippen molar-refractivity contribution in [3.8, 4) is 0 Å². The Morgan fingerprint density at radius 2 is 2.08 bits per heavy atom. The first kappa shape index (κ1) is 15.8. The Balaban J connectivity index is 1.58.